The Morgan fingerprint density at radius 1 is 1.20 bits per heavy atom. The van der Waals surface area contributed by atoms with E-state index in [0.717, 1.165) is 12.8 Å². The summed E-state index contributed by atoms with van der Waals surface area (Å²) in [7, 11) is 0. The van der Waals surface area contributed by atoms with Gasteiger partial charge in [0.1, 0.15) is 0 Å². The van der Waals surface area contributed by atoms with Gasteiger partial charge in [-0.05, 0) is 18.3 Å². The molecule has 1 spiro atoms. The van der Waals surface area contributed by atoms with Crippen molar-refractivity contribution in [3.8, 4) is 0 Å². The summed E-state index contributed by atoms with van der Waals surface area (Å²) in [5.74, 6) is -0.585. The Kier molecular flexibility index (Phi) is 1.61. The molecule has 0 amide bonds. The van der Waals surface area contributed by atoms with Gasteiger partial charge < -0.3 is 9.47 Å². The molecular weight excluding hydrogens is 192 g/mol. The van der Waals surface area contributed by atoms with Gasteiger partial charge in [-0.25, -0.2) is 0 Å². The number of ether oxygens (including phenoxy) is 2. The zero-order valence-electron chi connectivity index (χ0n) is 9.63. The monoisotopic (exact) mass is 210 g/mol. The maximum absolute atomic E-state index is 12.4. The predicted molar refractivity (Wildman–Crippen MR) is 54.3 cm³/mol. The molecule has 1 heterocycles. The minimum atomic E-state index is -0.903. The van der Waals surface area contributed by atoms with Gasteiger partial charge >= 0.3 is 0 Å². The van der Waals surface area contributed by atoms with E-state index in [1.807, 2.05) is 0 Å². The Morgan fingerprint density at radius 3 is 2.27 bits per heavy atom. The van der Waals surface area contributed by atoms with Crippen LogP contribution >= 0.6 is 0 Å². The summed E-state index contributed by atoms with van der Waals surface area (Å²) in [4.78, 5) is 12.4. The van der Waals surface area contributed by atoms with Crippen molar-refractivity contribution in [1.29, 1.82) is 0 Å². The third-order valence-corrected chi connectivity index (χ3v) is 5.29. The molecule has 3 aliphatic rings. The average molecular weight is 210 g/mol. The Hall–Kier alpha value is -0.410. The van der Waals surface area contributed by atoms with Gasteiger partial charge in [0.15, 0.2) is 5.78 Å². The molecule has 1 saturated heterocycles. The first-order valence-electron chi connectivity index (χ1n) is 5.78. The number of ketones is 1. The highest BCUT2D eigenvalue weighted by atomic mass is 16.7. The Bertz CT molecular complexity index is 328. The van der Waals surface area contributed by atoms with Crippen molar-refractivity contribution in [2.24, 2.45) is 16.7 Å². The van der Waals surface area contributed by atoms with Gasteiger partial charge in [-0.3, -0.25) is 4.79 Å². The summed E-state index contributed by atoms with van der Waals surface area (Å²) >= 11 is 0. The lowest BCUT2D eigenvalue weighted by Crippen LogP contribution is -2.52. The molecule has 0 N–H and O–H groups in total. The fourth-order valence-corrected chi connectivity index (χ4v) is 3.92. The zero-order chi connectivity index (χ0) is 10.9. The third kappa shape index (κ3) is 0.773. The normalized spacial score (nSPS) is 45.5. The maximum Gasteiger partial charge on any atom is 0.235 e. The second-order valence-electron chi connectivity index (χ2n) is 5.82. The molecule has 84 valence electrons. The van der Waals surface area contributed by atoms with Crippen molar-refractivity contribution in [1.82, 2.24) is 0 Å². The van der Waals surface area contributed by atoms with Crippen molar-refractivity contribution >= 4 is 5.78 Å². The summed E-state index contributed by atoms with van der Waals surface area (Å²) in [6, 6.07) is 0. The van der Waals surface area contributed by atoms with Crippen LogP contribution in [-0.2, 0) is 14.3 Å². The van der Waals surface area contributed by atoms with Crippen LogP contribution in [0.4, 0.5) is 0 Å². The van der Waals surface area contributed by atoms with E-state index in [-0.39, 0.29) is 22.5 Å². The van der Waals surface area contributed by atoms with E-state index in [1.165, 1.54) is 0 Å². The molecule has 1 aliphatic heterocycles. The summed E-state index contributed by atoms with van der Waals surface area (Å²) < 4.78 is 11.4. The van der Waals surface area contributed by atoms with Crippen molar-refractivity contribution in [2.45, 2.75) is 39.4 Å². The highest BCUT2D eigenvalue weighted by Crippen LogP contribution is 2.69. The van der Waals surface area contributed by atoms with E-state index in [9.17, 15) is 4.79 Å². The largest absolute Gasteiger partial charge is 0.341 e. The fraction of sp³-hybridized carbons (Fsp3) is 0.917. The van der Waals surface area contributed by atoms with Crippen LogP contribution in [-0.4, -0.2) is 24.8 Å². The van der Waals surface area contributed by atoms with Crippen molar-refractivity contribution in [3.05, 3.63) is 0 Å². The van der Waals surface area contributed by atoms with Crippen molar-refractivity contribution in [2.75, 3.05) is 13.2 Å². The van der Waals surface area contributed by atoms with Crippen molar-refractivity contribution in [3.63, 3.8) is 0 Å². The van der Waals surface area contributed by atoms with Gasteiger partial charge in [0.2, 0.25) is 5.79 Å². The van der Waals surface area contributed by atoms with Crippen LogP contribution in [0.1, 0.15) is 33.6 Å². The standard InChI is InChI=1S/C12H18O3/c1-10(2)8-4-5-11(10,3)12(9(8)13)14-6-7-15-12/h8H,4-7H2,1-3H3/t8-,11-/m1/s1. The molecule has 0 aromatic heterocycles. The third-order valence-electron chi connectivity index (χ3n) is 5.29. The average Bonchev–Trinajstić information content (AvgIpc) is 2.74. The summed E-state index contributed by atoms with van der Waals surface area (Å²) in [6.07, 6.45) is 2.03. The molecule has 2 aliphatic carbocycles. The van der Waals surface area contributed by atoms with Crippen LogP contribution in [0.2, 0.25) is 0 Å². The van der Waals surface area contributed by atoms with Gasteiger partial charge in [0.05, 0.1) is 13.2 Å². The number of hydrogen-bond acceptors (Lipinski definition) is 3. The first-order valence-corrected chi connectivity index (χ1v) is 5.78. The number of rotatable bonds is 0. The molecule has 15 heavy (non-hydrogen) atoms. The molecule has 3 nitrogen and oxygen atoms in total. The van der Waals surface area contributed by atoms with Gasteiger partial charge in [0.25, 0.3) is 0 Å². The quantitative estimate of drug-likeness (QED) is 0.611. The zero-order valence-corrected chi connectivity index (χ0v) is 9.63. The molecule has 0 aromatic carbocycles. The Morgan fingerprint density at radius 2 is 1.80 bits per heavy atom. The summed E-state index contributed by atoms with van der Waals surface area (Å²) in [6.45, 7) is 7.64. The number of carbonyl (C=O) groups excluding carboxylic acids is 1. The van der Waals surface area contributed by atoms with E-state index in [0.29, 0.717) is 13.2 Å². The molecular formula is C12H18O3. The molecule has 0 radical (unpaired) electrons. The first-order chi connectivity index (χ1) is 6.96. The fourth-order valence-electron chi connectivity index (χ4n) is 3.92. The number of hydrogen-bond donors (Lipinski definition) is 0. The maximum atomic E-state index is 12.4. The van der Waals surface area contributed by atoms with Gasteiger partial charge in [-0.15, -0.1) is 0 Å². The number of Topliss-reactive ketones (excluding diaryl/α,β-unsaturated/α-hetero) is 1. The Labute approximate surface area is 90.1 Å². The highest BCUT2D eigenvalue weighted by molar-refractivity contribution is 5.94. The highest BCUT2D eigenvalue weighted by Gasteiger charge is 2.76. The van der Waals surface area contributed by atoms with Crippen LogP contribution < -0.4 is 0 Å². The molecule has 0 aromatic rings. The lowest BCUT2D eigenvalue weighted by molar-refractivity contribution is -0.226. The number of fused-ring (bicyclic) bond motifs is 3. The first kappa shape index (κ1) is 9.79. The van der Waals surface area contributed by atoms with E-state index < -0.39 is 5.79 Å². The molecule has 0 unspecified atom stereocenters. The van der Waals surface area contributed by atoms with E-state index >= 15 is 0 Å². The van der Waals surface area contributed by atoms with Crippen LogP contribution in [0.5, 0.6) is 0 Å². The lowest BCUT2D eigenvalue weighted by atomic mass is 9.68. The van der Waals surface area contributed by atoms with E-state index in [1.54, 1.807) is 0 Å². The van der Waals surface area contributed by atoms with E-state index in [4.69, 9.17) is 9.47 Å². The molecule has 2 bridgehead atoms. The number of carbonyl (C=O) groups is 1. The van der Waals surface area contributed by atoms with Crippen LogP contribution in [0.15, 0.2) is 0 Å². The van der Waals surface area contributed by atoms with Gasteiger partial charge in [-0.1, -0.05) is 20.8 Å². The summed E-state index contributed by atoms with van der Waals surface area (Å²) in [5.41, 5.74) is -0.132. The van der Waals surface area contributed by atoms with Crippen LogP contribution in [0.25, 0.3) is 0 Å². The lowest BCUT2D eigenvalue weighted by Gasteiger charge is -2.42. The topological polar surface area (TPSA) is 35.5 Å². The van der Waals surface area contributed by atoms with E-state index in [2.05, 4.69) is 20.8 Å². The smallest absolute Gasteiger partial charge is 0.235 e. The second kappa shape index (κ2) is 2.46. The molecule has 3 rings (SSSR count). The van der Waals surface area contributed by atoms with Crippen LogP contribution in [0, 0.1) is 16.7 Å². The molecule has 3 fully saturated rings. The predicted octanol–water partition coefficient (Wildman–Crippen LogP) is 1.75. The van der Waals surface area contributed by atoms with Gasteiger partial charge in [-0.2, -0.15) is 0 Å². The minimum absolute atomic E-state index is 0.00836. The molecule has 2 saturated carbocycles. The summed E-state index contributed by atoms with van der Waals surface area (Å²) in [5, 5.41) is 0. The SMILES string of the molecule is CC1(C)[C@@H]2CC[C@@]1(C)C1(OCCO1)C2=O. The Balaban J connectivity index is 2.16. The molecule has 2 atom stereocenters. The minimum Gasteiger partial charge on any atom is -0.341 e. The van der Waals surface area contributed by atoms with Crippen LogP contribution in [0.3, 0.4) is 0 Å². The molecule has 3 heteroatoms. The van der Waals surface area contributed by atoms with Crippen molar-refractivity contribution < 1.29 is 14.3 Å². The second-order valence-corrected chi connectivity index (χ2v) is 5.82. The van der Waals surface area contributed by atoms with Gasteiger partial charge in [0, 0.05) is 11.3 Å².